The highest BCUT2D eigenvalue weighted by Gasteiger charge is 2.12. The number of nitrogens with zero attached hydrogens (tertiary/aromatic N) is 2. The van der Waals surface area contributed by atoms with Crippen molar-refractivity contribution in [1.29, 1.82) is 0 Å². The van der Waals surface area contributed by atoms with E-state index < -0.39 is 0 Å². The van der Waals surface area contributed by atoms with E-state index in [-0.39, 0.29) is 5.56 Å². The summed E-state index contributed by atoms with van der Waals surface area (Å²) >= 11 is 11.9. The van der Waals surface area contributed by atoms with Crippen LogP contribution in [-0.4, -0.2) is 34.3 Å². The van der Waals surface area contributed by atoms with Crippen molar-refractivity contribution in [2.45, 2.75) is 25.8 Å². The molecule has 0 bridgehead atoms. The minimum atomic E-state index is -0.1000. The van der Waals surface area contributed by atoms with Gasteiger partial charge in [0.15, 0.2) is 0 Å². The first kappa shape index (κ1) is 15.7. The number of hydrogen-bond acceptors (Lipinski definition) is 2. The molecule has 3 rings (SSSR count). The average molecular weight is 340 g/mol. The first-order valence-electron chi connectivity index (χ1n) is 7.61. The Labute approximate surface area is 139 Å². The molecule has 0 saturated carbocycles. The number of nitrogens with one attached hydrogen (secondary N) is 1. The van der Waals surface area contributed by atoms with Crippen LogP contribution in [0.5, 0.6) is 0 Å². The number of aromatic amines is 1. The van der Waals surface area contributed by atoms with Gasteiger partial charge in [-0.2, -0.15) is 0 Å². The standard InChI is InChI=1S/C16H19Cl2N3O/c17-14-5-4-12(10-15(14)18)13-11-21(19-16(13)22)9-8-20-6-2-1-3-7-20/h4-5,10-11H,1-3,6-9H2,(H,19,22). The van der Waals surface area contributed by atoms with Gasteiger partial charge in [-0.15, -0.1) is 0 Å². The Balaban J connectivity index is 1.72. The normalized spacial score (nSPS) is 16.1. The van der Waals surface area contributed by atoms with Crippen molar-refractivity contribution >= 4 is 23.2 Å². The Kier molecular flexibility index (Phi) is 4.91. The predicted molar refractivity (Wildman–Crippen MR) is 90.8 cm³/mol. The lowest BCUT2D eigenvalue weighted by atomic mass is 10.1. The van der Waals surface area contributed by atoms with Gasteiger partial charge in [-0.25, -0.2) is 0 Å². The molecule has 1 aromatic heterocycles. The van der Waals surface area contributed by atoms with Gasteiger partial charge < -0.3 is 4.90 Å². The summed E-state index contributed by atoms with van der Waals surface area (Å²) in [6.07, 6.45) is 5.73. The third kappa shape index (κ3) is 3.57. The smallest absolute Gasteiger partial charge is 0.271 e. The molecular weight excluding hydrogens is 321 g/mol. The van der Waals surface area contributed by atoms with Crippen LogP contribution in [0.2, 0.25) is 10.0 Å². The minimum absolute atomic E-state index is 0.1000. The van der Waals surface area contributed by atoms with Gasteiger partial charge in [-0.05, 0) is 43.6 Å². The maximum atomic E-state index is 12.1. The fourth-order valence-corrected chi connectivity index (χ4v) is 3.16. The number of aromatic nitrogens is 2. The van der Waals surface area contributed by atoms with Crippen molar-refractivity contribution in [3.8, 4) is 11.1 Å². The number of likely N-dealkylation sites (tertiary alicyclic amines) is 1. The SMILES string of the molecule is O=c1[nH]n(CCN2CCCCC2)cc1-c1ccc(Cl)c(Cl)c1. The second kappa shape index (κ2) is 6.90. The van der Waals surface area contributed by atoms with E-state index in [1.54, 1.807) is 12.1 Å². The summed E-state index contributed by atoms with van der Waals surface area (Å²) < 4.78 is 1.86. The van der Waals surface area contributed by atoms with Crippen LogP contribution in [0.1, 0.15) is 19.3 Å². The van der Waals surface area contributed by atoms with Crippen LogP contribution in [0.25, 0.3) is 11.1 Å². The van der Waals surface area contributed by atoms with Crippen LogP contribution in [-0.2, 0) is 6.54 Å². The summed E-state index contributed by atoms with van der Waals surface area (Å²) in [5.41, 5.74) is 1.31. The molecule has 22 heavy (non-hydrogen) atoms. The molecular formula is C16H19Cl2N3O. The van der Waals surface area contributed by atoms with Crippen LogP contribution < -0.4 is 5.56 Å². The van der Waals surface area contributed by atoms with Crippen LogP contribution in [0.15, 0.2) is 29.2 Å². The van der Waals surface area contributed by atoms with Gasteiger partial charge in [0.1, 0.15) is 0 Å². The number of piperidine rings is 1. The first-order chi connectivity index (χ1) is 10.6. The van der Waals surface area contributed by atoms with Crippen LogP contribution in [0.4, 0.5) is 0 Å². The Bertz CT molecular complexity index is 702. The molecule has 0 radical (unpaired) electrons. The lowest BCUT2D eigenvalue weighted by Crippen LogP contribution is -2.32. The molecule has 2 aromatic rings. The van der Waals surface area contributed by atoms with Gasteiger partial charge in [0.05, 0.1) is 22.2 Å². The molecule has 1 fully saturated rings. The third-order valence-electron chi connectivity index (χ3n) is 4.11. The van der Waals surface area contributed by atoms with E-state index in [0.29, 0.717) is 15.6 Å². The van der Waals surface area contributed by atoms with Crippen molar-refractivity contribution in [2.24, 2.45) is 0 Å². The predicted octanol–water partition coefficient (Wildman–Crippen LogP) is 3.64. The number of hydrogen-bond donors (Lipinski definition) is 1. The van der Waals surface area contributed by atoms with E-state index in [1.807, 2.05) is 16.9 Å². The highest BCUT2D eigenvalue weighted by atomic mass is 35.5. The van der Waals surface area contributed by atoms with Crippen molar-refractivity contribution in [1.82, 2.24) is 14.7 Å². The summed E-state index contributed by atoms with van der Waals surface area (Å²) in [7, 11) is 0. The second-order valence-electron chi connectivity index (χ2n) is 5.71. The zero-order valence-corrected chi connectivity index (χ0v) is 13.8. The largest absolute Gasteiger partial charge is 0.302 e. The Hall–Kier alpha value is -1.23. The molecule has 1 aromatic carbocycles. The van der Waals surface area contributed by atoms with Crippen molar-refractivity contribution in [3.63, 3.8) is 0 Å². The van der Waals surface area contributed by atoms with Crippen LogP contribution in [0.3, 0.4) is 0 Å². The highest BCUT2D eigenvalue weighted by Crippen LogP contribution is 2.26. The average Bonchev–Trinajstić information content (AvgIpc) is 2.90. The fourth-order valence-electron chi connectivity index (χ4n) is 2.86. The summed E-state index contributed by atoms with van der Waals surface area (Å²) in [5, 5.41) is 3.83. The summed E-state index contributed by atoms with van der Waals surface area (Å²) in [6.45, 7) is 4.07. The molecule has 0 atom stereocenters. The number of benzene rings is 1. The lowest BCUT2D eigenvalue weighted by molar-refractivity contribution is 0.218. The minimum Gasteiger partial charge on any atom is -0.302 e. The summed E-state index contributed by atoms with van der Waals surface area (Å²) in [4.78, 5) is 14.6. The number of halogens is 2. The first-order valence-corrected chi connectivity index (χ1v) is 8.36. The molecule has 1 aliphatic rings. The summed E-state index contributed by atoms with van der Waals surface area (Å²) in [6, 6.07) is 5.25. The fraction of sp³-hybridized carbons (Fsp3) is 0.438. The van der Waals surface area contributed by atoms with E-state index in [2.05, 4.69) is 10.00 Å². The zero-order valence-electron chi connectivity index (χ0n) is 12.3. The quantitative estimate of drug-likeness (QED) is 0.923. The van der Waals surface area contributed by atoms with E-state index in [9.17, 15) is 4.79 Å². The summed E-state index contributed by atoms with van der Waals surface area (Å²) in [5.74, 6) is 0. The molecule has 2 heterocycles. The maximum absolute atomic E-state index is 12.1. The van der Waals surface area contributed by atoms with Crippen molar-refractivity contribution in [2.75, 3.05) is 19.6 Å². The van der Waals surface area contributed by atoms with Crippen molar-refractivity contribution < 1.29 is 0 Å². The van der Waals surface area contributed by atoms with E-state index in [4.69, 9.17) is 23.2 Å². The zero-order chi connectivity index (χ0) is 15.5. The molecule has 1 saturated heterocycles. The lowest BCUT2D eigenvalue weighted by Gasteiger charge is -2.26. The molecule has 0 spiro atoms. The van der Waals surface area contributed by atoms with Crippen molar-refractivity contribution in [3.05, 3.63) is 44.8 Å². The molecule has 118 valence electrons. The highest BCUT2D eigenvalue weighted by molar-refractivity contribution is 6.42. The van der Waals surface area contributed by atoms with Gasteiger partial charge >= 0.3 is 0 Å². The van der Waals surface area contributed by atoms with E-state index in [1.165, 1.54) is 19.3 Å². The van der Waals surface area contributed by atoms with Crippen LogP contribution >= 0.6 is 23.2 Å². The van der Waals surface area contributed by atoms with Gasteiger partial charge in [-0.1, -0.05) is 35.7 Å². The molecule has 1 N–H and O–H groups in total. The molecule has 4 nitrogen and oxygen atoms in total. The van der Waals surface area contributed by atoms with Crippen LogP contribution in [0, 0.1) is 0 Å². The Morgan fingerprint density at radius 2 is 1.82 bits per heavy atom. The van der Waals surface area contributed by atoms with E-state index in [0.717, 1.165) is 31.7 Å². The van der Waals surface area contributed by atoms with Gasteiger partial charge in [0.25, 0.3) is 5.56 Å². The maximum Gasteiger partial charge on any atom is 0.271 e. The molecule has 0 amide bonds. The second-order valence-corrected chi connectivity index (χ2v) is 6.52. The Morgan fingerprint density at radius 3 is 2.55 bits per heavy atom. The molecule has 6 heteroatoms. The Morgan fingerprint density at radius 1 is 1.05 bits per heavy atom. The number of H-pyrrole nitrogens is 1. The van der Waals surface area contributed by atoms with Gasteiger partial charge in [0.2, 0.25) is 0 Å². The number of rotatable bonds is 4. The van der Waals surface area contributed by atoms with Gasteiger partial charge in [0, 0.05) is 12.7 Å². The third-order valence-corrected chi connectivity index (χ3v) is 4.85. The van der Waals surface area contributed by atoms with E-state index >= 15 is 0 Å². The monoisotopic (exact) mass is 339 g/mol. The van der Waals surface area contributed by atoms with Gasteiger partial charge in [-0.3, -0.25) is 14.6 Å². The topological polar surface area (TPSA) is 41.0 Å². The molecule has 0 aliphatic carbocycles. The molecule has 0 unspecified atom stereocenters. The molecule has 1 aliphatic heterocycles.